The van der Waals surface area contributed by atoms with E-state index in [-0.39, 0.29) is 0 Å². The molecule has 3 nitrogen and oxygen atoms in total. The first-order valence-corrected chi connectivity index (χ1v) is 8.72. The molecular weight excluding hydrogens is 260 g/mol. The van der Waals surface area contributed by atoms with E-state index in [0.29, 0.717) is 17.9 Å². The van der Waals surface area contributed by atoms with Gasteiger partial charge in [0.2, 0.25) is 0 Å². The summed E-state index contributed by atoms with van der Waals surface area (Å²) >= 11 is 0. The molecular formula is C18H30N2O. The van der Waals surface area contributed by atoms with Crippen molar-refractivity contribution >= 4 is 5.71 Å². The van der Waals surface area contributed by atoms with Crippen molar-refractivity contribution in [2.45, 2.75) is 64.3 Å². The lowest BCUT2D eigenvalue weighted by Gasteiger charge is -2.30. The third-order valence-electron chi connectivity index (χ3n) is 6.29. The van der Waals surface area contributed by atoms with Gasteiger partial charge in [-0.3, -0.25) is 0 Å². The Labute approximate surface area is 128 Å². The predicted molar refractivity (Wildman–Crippen MR) is 86.4 cm³/mol. The molecule has 21 heavy (non-hydrogen) atoms. The van der Waals surface area contributed by atoms with Crippen LogP contribution in [0, 0.1) is 29.6 Å². The second-order valence-electron chi connectivity index (χ2n) is 7.91. The van der Waals surface area contributed by atoms with Gasteiger partial charge in [-0.25, -0.2) is 0 Å². The van der Waals surface area contributed by atoms with Crippen LogP contribution in [0.4, 0.5) is 0 Å². The topological polar surface area (TPSA) is 58.6 Å². The van der Waals surface area contributed by atoms with E-state index in [2.05, 4.69) is 18.7 Å². The second kappa shape index (κ2) is 6.12. The van der Waals surface area contributed by atoms with Gasteiger partial charge in [-0.2, -0.15) is 0 Å². The second-order valence-corrected chi connectivity index (χ2v) is 7.91. The molecule has 4 bridgehead atoms. The molecule has 0 aromatic carbocycles. The highest BCUT2D eigenvalue weighted by molar-refractivity contribution is 5.91. The highest BCUT2D eigenvalue weighted by atomic mass is 16.4. The molecule has 4 fully saturated rings. The van der Waals surface area contributed by atoms with Crippen LogP contribution in [0.25, 0.3) is 0 Å². The molecule has 0 radical (unpaired) electrons. The summed E-state index contributed by atoms with van der Waals surface area (Å²) in [7, 11) is 0. The fourth-order valence-electron chi connectivity index (χ4n) is 5.27. The van der Waals surface area contributed by atoms with Crippen LogP contribution in [-0.2, 0) is 0 Å². The van der Waals surface area contributed by atoms with Gasteiger partial charge in [0.1, 0.15) is 0 Å². The first-order valence-electron chi connectivity index (χ1n) is 8.72. The van der Waals surface area contributed by atoms with E-state index in [1.54, 1.807) is 0 Å². The van der Waals surface area contributed by atoms with Crippen LogP contribution in [0.1, 0.15) is 58.3 Å². The van der Waals surface area contributed by atoms with E-state index in [4.69, 9.17) is 10.9 Å². The maximum Gasteiger partial charge on any atom is 0.0638 e. The number of oxime groups is 1. The van der Waals surface area contributed by atoms with Crippen LogP contribution in [-0.4, -0.2) is 17.0 Å². The maximum atomic E-state index is 8.72. The van der Waals surface area contributed by atoms with Crippen molar-refractivity contribution in [3.63, 3.8) is 0 Å². The van der Waals surface area contributed by atoms with Crippen LogP contribution in [0.15, 0.2) is 17.3 Å². The molecule has 3 heteroatoms. The fraction of sp³-hybridized carbons (Fsp3) is 0.833. The van der Waals surface area contributed by atoms with Crippen molar-refractivity contribution in [1.29, 1.82) is 0 Å². The van der Waals surface area contributed by atoms with Crippen molar-refractivity contribution in [2.75, 3.05) is 0 Å². The highest BCUT2D eigenvalue weighted by Gasteiger charge is 2.39. The molecule has 0 saturated heterocycles. The first-order chi connectivity index (χ1) is 10.1. The van der Waals surface area contributed by atoms with E-state index in [0.717, 1.165) is 36.3 Å². The predicted octanol–water partition coefficient (Wildman–Crippen LogP) is 3.96. The molecule has 0 spiro atoms. The van der Waals surface area contributed by atoms with Gasteiger partial charge in [-0.1, -0.05) is 24.2 Å². The van der Waals surface area contributed by atoms with Gasteiger partial charge in [0.15, 0.2) is 0 Å². The average Bonchev–Trinajstić information content (AvgIpc) is 2.82. The zero-order valence-electron chi connectivity index (χ0n) is 13.3. The molecule has 4 atom stereocenters. The standard InChI is InChI=1S/C9H13NO.C9H17N/c1-6-4-7-2-3-8(5-6)9(7)10-11;1-6-4-7-2-3-8(5-6)9(7)10/h7-8,11H,1-5H2;6-9H,2-5,10H2,1H3. The summed E-state index contributed by atoms with van der Waals surface area (Å²) in [6.07, 6.45) is 10.1. The molecule has 118 valence electrons. The number of fused-ring (bicyclic) bond motifs is 4. The zero-order chi connectivity index (χ0) is 15.0. The molecule has 4 unspecified atom stereocenters. The van der Waals surface area contributed by atoms with Crippen molar-refractivity contribution in [3.05, 3.63) is 12.2 Å². The molecule has 4 rings (SSSR count). The number of rotatable bonds is 0. The van der Waals surface area contributed by atoms with Gasteiger partial charge >= 0.3 is 0 Å². The number of allylic oxidation sites excluding steroid dienone is 1. The maximum absolute atomic E-state index is 8.72. The first kappa shape index (κ1) is 15.1. The largest absolute Gasteiger partial charge is 0.411 e. The third-order valence-corrected chi connectivity index (χ3v) is 6.29. The molecule has 0 amide bonds. The Balaban J connectivity index is 0.000000126. The Morgan fingerprint density at radius 3 is 2.05 bits per heavy atom. The quantitative estimate of drug-likeness (QED) is 0.403. The summed E-state index contributed by atoms with van der Waals surface area (Å²) in [5.41, 5.74) is 8.42. The summed E-state index contributed by atoms with van der Waals surface area (Å²) in [4.78, 5) is 0. The molecule has 0 heterocycles. The molecule has 4 saturated carbocycles. The van der Waals surface area contributed by atoms with Gasteiger partial charge in [0.25, 0.3) is 0 Å². The van der Waals surface area contributed by atoms with Gasteiger partial charge in [-0.05, 0) is 69.1 Å². The third kappa shape index (κ3) is 3.03. The lowest BCUT2D eigenvalue weighted by Crippen LogP contribution is -2.36. The monoisotopic (exact) mass is 290 g/mol. The van der Waals surface area contributed by atoms with E-state index in [1.165, 1.54) is 44.1 Å². The summed E-state index contributed by atoms with van der Waals surface area (Å²) in [5.74, 6) is 3.76. The van der Waals surface area contributed by atoms with Crippen molar-refractivity contribution < 1.29 is 5.21 Å². The Morgan fingerprint density at radius 1 is 1.05 bits per heavy atom. The Kier molecular flexibility index (Phi) is 4.39. The van der Waals surface area contributed by atoms with Gasteiger partial charge in [-0.15, -0.1) is 0 Å². The lowest BCUT2D eigenvalue weighted by atomic mass is 9.79. The van der Waals surface area contributed by atoms with Crippen molar-refractivity contribution in [2.24, 2.45) is 40.5 Å². The number of nitrogens with two attached hydrogens (primary N) is 1. The highest BCUT2D eigenvalue weighted by Crippen LogP contribution is 2.43. The van der Waals surface area contributed by atoms with Crippen LogP contribution in [0.3, 0.4) is 0 Å². The Bertz CT molecular complexity index is 399. The molecule has 4 aliphatic carbocycles. The molecule has 3 N–H and O–H groups in total. The smallest absolute Gasteiger partial charge is 0.0638 e. The summed E-state index contributed by atoms with van der Waals surface area (Å²) in [6.45, 7) is 6.36. The lowest BCUT2D eigenvalue weighted by molar-refractivity contribution is 0.239. The Morgan fingerprint density at radius 2 is 1.57 bits per heavy atom. The number of hydrogen-bond donors (Lipinski definition) is 2. The summed E-state index contributed by atoms with van der Waals surface area (Å²) in [5, 5.41) is 12.1. The average molecular weight is 290 g/mol. The Hall–Kier alpha value is -0.830. The normalized spacial score (nSPS) is 44.3. The van der Waals surface area contributed by atoms with Crippen LogP contribution in [0.2, 0.25) is 0 Å². The summed E-state index contributed by atoms with van der Waals surface area (Å²) in [6, 6.07) is 0.566. The van der Waals surface area contributed by atoms with E-state index in [1.807, 2.05) is 0 Å². The van der Waals surface area contributed by atoms with Crippen LogP contribution >= 0.6 is 0 Å². The zero-order valence-corrected chi connectivity index (χ0v) is 13.3. The van der Waals surface area contributed by atoms with E-state index < -0.39 is 0 Å². The minimum Gasteiger partial charge on any atom is -0.411 e. The molecule has 0 aromatic heterocycles. The number of nitrogens with zero attached hydrogens (tertiary/aromatic N) is 1. The molecule has 0 aliphatic heterocycles. The van der Waals surface area contributed by atoms with Crippen LogP contribution < -0.4 is 5.73 Å². The number of hydrogen-bond acceptors (Lipinski definition) is 3. The van der Waals surface area contributed by atoms with Gasteiger partial charge in [0, 0.05) is 17.9 Å². The molecule has 0 aromatic rings. The fourth-order valence-corrected chi connectivity index (χ4v) is 5.27. The SMILES string of the molecule is C=C1CC2CCC(C1)C2=NO.CC1CC2CCC(C1)C2N. The van der Waals surface area contributed by atoms with Crippen molar-refractivity contribution in [3.8, 4) is 0 Å². The minimum absolute atomic E-state index is 0.520. The van der Waals surface area contributed by atoms with Gasteiger partial charge in [0.05, 0.1) is 5.71 Å². The van der Waals surface area contributed by atoms with Crippen molar-refractivity contribution in [1.82, 2.24) is 0 Å². The van der Waals surface area contributed by atoms with E-state index >= 15 is 0 Å². The minimum atomic E-state index is 0.520. The van der Waals surface area contributed by atoms with Crippen LogP contribution in [0.5, 0.6) is 0 Å². The van der Waals surface area contributed by atoms with Gasteiger partial charge < -0.3 is 10.9 Å². The van der Waals surface area contributed by atoms with E-state index in [9.17, 15) is 0 Å². The summed E-state index contributed by atoms with van der Waals surface area (Å²) < 4.78 is 0. The molecule has 4 aliphatic rings.